The maximum absolute atomic E-state index is 12.8. The third kappa shape index (κ3) is 6.08. The van der Waals surface area contributed by atoms with Gasteiger partial charge in [-0.15, -0.1) is 34.4 Å². The van der Waals surface area contributed by atoms with Gasteiger partial charge in [0.1, 0.15) is 5.00 Å². The summed E-state index contributed by atoms with van der Waals surface area (Å²) >= 11 is 4.26. The molecule has 1 aliphatic rings. The fourth-order valence-electron chi connectivity index (χ4n) is 3.83. The van der Waals surface area contributed by atoms with Gasteiger partial charge in [-0.25, -0.2) is 4.79 Å². The summed E-state index contributed by atoms with van der Waals surface area (Å²) in [6, 6.07) is 11.0. The first kappa shape index (κ1) is 24.5. The Morgan fingerprint density at radius 3 is 2.71 bits per heavy atom. The van der Waals surface area contributed by atoms with Crippen LogP contribution in [0.3, 0.4) is 0 Å². The van der Waals surface area contributed by atoms with E-state index in [-0.39, 0.29) is 23.5 Å². The Morgan fingerprint density at radius 2 is 1.91 bits per heavy atom. The number of ether oxygens (including phenoxy) is 1. The summed E-state index contributed by atoms with van der Waals surface area (Å²) < 4.78 is 5.29. The van der Waals surface area contributed by atoms with Gasteiger partial charge in [0.25, 0.3) is 5.91 Å². The highest BCUT2D eigenvalue weighted by atomic mass is 32.2. The van der Waals surface area contributed by atoms with Crippen molar-refractivity contribution >= 4 is 62.9 Å². The van der Waals surface area contributed by atoms with Crippen molar-refractivity contribution in [3.05, 3.63) is 62.7 Å². The SMILES string of the molecule is CCOC(=O)c1c(NC(=O)CSc2cccc(NC(=O)c3cccs3)c2)sc2c1CCCCC2. The predicted octanol–water partition coefficient (Wildman–Crippen LogP) is 6.24. The molecule has 4 rings (SSSR count). The third-order valence-electron chi connectivity index (χ3n) is 5.36. The Kier molecular flexibility index (Phi) is 8.42. The lowest BCUT2D eigenvalue weighted by molar-refractivity contribution is -0.113. The highest BCUT2D eigenvalue weighted by Gasteiger charge is 2.26. The Balaban J connectivity index is 1.40. The van der Waals surface area contributed by atoms with Crippen LogP contribution in [0.15, 0.2) is 46.7 Å². The molecule has 0 saturated carbocycles. The first-order valence-corrected chi connectivity index (χ1v) is 13.9. The fourth-order valence-corrected chi connectivity index (χ4v) is 6.49. The van der Waals surface area contributed by atoms with E-state index in [1.807, 2.05) is 35.7 Å². The molecule has 3 aromatic rings. The van der Waals surface area contributed by atoms with Gasteiger partial charge >= 0.3 is 5.97 Å². The van der Waals surface area contributed by atoms with Crippen LogP contribution >= 0.6 is 34.4 Å². The van der Waals surface area contributed by atoms with Gasteiger partial charge in [0.05, 0.1) is 22.8 Å². The monoisotopic (exact) mass is 514 g/mol. The molecule has 0 unspecified atom stereocenters. The van der Waals surface area contributed by atoms with Gasteiger partial charge < -0.3 is 15.4 Å². The van der Waals surface area contributed by atoms with Gasteiger partial charge in [-0.2, -0.15) is 0 Å². The smallest absolute Gasteiger partial charge is 0.341 e. The first-order chi connectivity index (χ1) is 16.5. The molecule has 0 saturated heterocycles. The number of amides is 2. The third-order valence-corrected chi connectivity index (χ3v) is 8.43. The molecule has 2 heterocycles. The summed E-state index contributed by atoms with van der Waals surface area (Å²) in [6.07, 6.45) is 5.06. The number of thioether (sulfide) groups is 1. The zero-order chi connectivity index (χ0) is 23.9. The molecular weight excluding hydrogens is 488 g/mol. The minimum atomic E-state index is -0.362. The Bertz CT molecular complexity index is 1170. The molecule has 34 heavy (non-hydrogen) atoms. The average molecular weight is 515 g/mol. The van der Waals surface area contributed by atoms with Crippen molar-refractivity contribution in [3.8, 4) is 0 Å². The molecule has 9 heteroatoms. The van der Waals surface area contributed by atoms with E-state index in [1.165, 1.54) is 39.3 Å². The van der Waals surface area contributed by atoms with E-state index in [2.05, 4.69) is 10.6 Å². The summed E-state index contributed by atoms with van der Waals surface area (Å²) in [5.41, 5.74) is 2.24. The number of nitrogens with one attached hydrogen (secondary N) is 2. The lowest BCUT2D eigenvalue weighted by Crippen LogP contribution is -2.16. The number of thiophene rings is 2. The lowest BCUT2D eigenvalue weighted by atomic mass is 10.1. The molecule has 0 spiro atoms. The van der Waals surface area contributed by atoms with Crippen LogP contribution in [0, 0.1) is 0 Å². The van der Waals surface area contributed by atoms with E-state index in [0.29, 0.717) is 27.7 Å². The largest absolute Gasteiger partial charge is 0.462 e. The maximum atomic E-state index is 12.8. The molecule has 2 amide bonds. The quantitative estimate of drug-likeness (QED) is 0.211. The van der Waals surface area contributed by atoms with E-state index in [0.717, 1.165) is 42.6 Å². The van der Waals surface area contributed by atoms with E-state index in [1.54, 1.807) is 13.0 Å². The number of fused-ring (bicyclic) bond motifs is 1. The van der Waals surface area contributed by atoms with Crippen LogP contribution in [-0.4, -0.2) is 30.1 Å². The molecule has 0 fully saturated rings. The number of hydrogen-bond acceptors (Lipinski definition) is 7. The molecule has 1 aromatic carbocycles. The number of aryl methyl sites for hydroxylation is 1. The summed E-state index contributed by atoms with van der Waals surface area (Å²) in [6.45, 7) is 2.08. The molecular formula is C25H26N2O4S3. The molecule has 2 aromatic heterocycles. The van der Waals surface area contributed by atoms with Crippen molar-refractivity contribution in [2.75, 3.05) is 23.0 Å². The highest BCUT2D eigenvalue weighted by Crippen LogP contribution is 2.38. The van der Waals surface area contributed by atoms with Gasteiger partial charge in [0.2, 0.25) is 5.91 Å². The van der Waals surface area contributed by atoms with Crippen LogP contribution in [0.5, 0.6) is 0 Å². The number of carbonyl (C=O) groups excluding carboxylic acids is 3. The van der Waals surface area contributed by atoms with Crippen molar-refractivity contribution in [1.29, 1.82) is 0 Å². The predicted molar refractivity (Wildman–Crippen MR) is 140 cm³/mol. The highest BCUT2D eigenvalue weighted by molar-refractivity contribution is 8.00. The van der Waals surface area contributed by atoms with E-state index >= 15 is 0 Å². The molecule has 0 atom stereocenters. The number of hydrogen-bond donors (Lipinski definition) is 2. The number of anilines is 2. The summed E-state index contributed by atoms with van der Waals surface area (Å²) in [4.78, 5) is 40.4. The van der Waals surface area contributed by atoms with Crippen molar-refractivity contribution < 1.29 is 19.1 Å². The van der Waals surface area contributed by atoms with Crippen molar-refractivity contribution in [1.82, 2.24) is 0 Å². The topological polar surface area (TPSA) is 84.5 Å². The second-order valence-electron chi connectivity index (χ2n) is 7.79. The average Bonchev–Trinajstić information content (AvgIpc) is 3.41. The van der Waals surface area contributed by atoms with Crippen LogP contribution in [-0.2, 0) is 22.4 Å². The van der Waals surface area contributed by atoms with Crippen LogP contribution in [0.25, 0.3) is 0 Å². The Morgan fingerprint density at radius 1 is 1.06 bits per heavy atom. The number of benzene rings is 1. The van der Waals surface area contributed by atoms with Gasteiger partial charge in [-0.05, 0) is 67.8 Å². The summed E-state index contributed by atoms with van der Waals surface area (Å²) in [5, 5.41) is 8.29. The number of carbonyl (C=O) groups is 3. The zero-order valence-corrected chi connectivity index (χ0v) is 21.3. The minimum absolute atomic E-state index is 0.154. The van der Waals surface area contributed by atoms with Crippen LogP contribution < -0.4 is 10.6 Å². The second-order valence-corrected chi connectivity index (χ2v) is 10.9. The van der Waals surface area contributed by atoms with Crippen LogP contribution in [0.4, 0.5) is 10.7 Å². The van der Waals surface area contributed by atoms with E-state index < -0.39 is 0 Å². The van der Waals surface area contributed by atoms with Gasteiger partial charge in [0, 0.05) is 15.5 Å². The van der Waals surface area contributed by atoms with Gasteiger partial charge in [-0.3, -0.25) is 9.59 Å². The lowest BCUT2D eigenvalue weighted by Gasteiger charge is -2.09. The van der Waals surface area contributed by atoms with E-state index in [4.69, 9.17) is 4.74 Å². The number of rotatable bonds is 8. The van der Waals surface area contributed by atoms with Gasteiger partial charge in [-0.1, -0.05) is 18.6 Å². The van der Waals surface area contributed by atoms with Crippen molar-refractivity contribution in [2.45, 2.75) is 43.9 Å². The molecule has 6 nitrogen and oxygen atoms in total. The molecule has 178 valence electrons. The zero-order valence-electron chi connectivity index (χ0n) is 18.8. The normalized spacial score (nSPS) is 13.0. The van der Waals surface area contributed by atoms with Gasteiger partial charge in [0.15, 0.2) is 0 Å². The maximum Gasteiger partial charge on any atom is 0.341 e. The van der Waals surface area contributed by atoms with Crippen molar-refractivity contribution in [2.24, 2.45) is 0 Å². The summed E-state index contributed by atoms with van der Waals surface area (Å²) in [7, 11) is 0. The minimum Gasteiger partial charge on any atom is -0.462 e. The Hall–Kier alpha value is -2.62. The summed E-state index contributed by atoms with van der Waals surface area (Å²) in [5.74, 6) is -0.509. The molecule has 0 aliphatic heterocycles. The van der Waals surface area contributed by atoms with Crippen LogP contribution in [0.1, 0.15) is 56.7 Å². The molecule has 0 bridgehead atoms. The molecule has 1 aliphatic carbocycles. The van der Waals surface area contributed by atoms with Crippen molar-refractivity contribution in [3.63, 3.8) is 0 Å². The fraction of sp³-hybridized carbons (Fsp3) is 0.320. The Labute approximate surface area is 211 Å². The first-order valence-electron chi connectivity index (χ1n) is 11.2. The van der Waals surface area contributed by atoms with Crippen LogP contribution in [0.2, 0.25) is 0 Å². The van der Waals surface area contributed by atoms with E-state index in [9.17, 15) is 14.4 Å². The molecule has 0 radical (unpaired) electrons. The number of esters is 1. The standard InChI is InChI=1S/C25H26N2O4S3/c1-2-31-25(30)22-18-10-4-3-5-11-19(18)34-24(22)27-21(28)15-33-17-9-6-8-16(14-17)26-23(29)20-12-7-13-32-20/h6-9,12-14H,2-5,10-11,15H2,1H3,(H,26,29)(H,27,28). The second kappa shape index (κ2) is 11.7. The molecule has 2 N–H and O–H groups in total.